The Bertz CT molecular complexity index is 753. The highest BCUT2D eigenvalue weighted by molar-refractivity contribution is 5.84. The van der Waals surface area contributed by atoms with Crippen molar-refractivity contribution < 1.29 is 5.11 Å². The summed E-state index contributed by atoms with van der Waals surface area (Å²) in [7, 11) is 0. The quantitative estimate of drug-likeness (QED) is 0.710. The summed E-state index contributed by atoms with van der Waals surface area (Å²) in [4.78, 5) is 12.8. The number of nitrogens with zero attached hydrogens (tertiary/aromatic N) is 3. The van der Waals surface area contributed by atoms with Gasteiger partial charge in [-0.3, -0.25) is 4.99 Å². The summed E-state index contributed by atoms with van der Waals surface area (Å²) in [6.45, 7) is 0. The number of aromatic nitrogens is 2. The molecule has 0 amide bonds. The Labute approximate surface area is 110 Å². The van der Waals surface area contributed by atoms with Gasteiger partial charge in [-0.15, -0.1) is 0 Å². The zero-order valence-electron chi connectivity index (χ0n) is 10.1. The molecule has 1 N–H and O–H groups in total. The lowest BCUT2D eigenvalue weighted by atomic mass is 10.2. The number of hydrogen-bond acceptors (Lipinski definition) is 4. The van der Waals surface area contributed by atoms with Crippen LogP contribution in [0.5, 0.6) is 5.75 Å². The third kappa shape index (κ3) is 2.42. The van der Waals surface area contributed by atoms with Crippen LogP contribution in [0.25, 0.3) is 11.0 Å². The molecule has 0 spiro atoms. The largest absolute Gasteiger partial charge is 0.506 e. The number of aliphatic imine (C=N–C) groups is 1. The van der Waals surface area contributed by atoms with Crippen molar-refractivity contribution in [2.75, 3.05) is 0 Å². The third-order valence-corrected chi connectivity index (χ3v) is 2.70. The Morgan fingerprint density at radius 2 is 1.89 bits per heavy atom. The molecule has 92 valence electrons. The fourth-order valence-corrected chi connectivity index (χ4v) is 1.75. The van der Waals surface area contributed by atoms with Crippen molar-refractivity contribution in [3.8, 4) is 5.75 Å². The van der Waals surface area contributed by atoms with E-state index in [-0.39, 0.29) is 5.75 Å². The SMILES string of the molecule is Oc1ccccc1N=Cc1ccc2cccnc2n1. The predicted molar refractivity (Wildman–Crippen MR) is 74.9 cm³/mol. The molecule has 3 aromatic rings. The first-order valence-corrected chi connectivity index (χ1v) is 5.87. The van der Waals surface area contributed by atoms with E-state index in [2.05, 4.69) is 15.0 Å². The highest BCUT2D eigenvalue weighted by Gasteiger charge is 1.98. The summed E-state index contributed by atoms with van der Waals surface area (Å²) in [5.74, 6) is 0.151. The van der Waals surface area contributed by atoms with Gasteiger partial charge in [0.15, 0.2) is 5.65 Å². The van der Waals surface area contributed by atoms with Gasteiger partial charge in [0.2, 0.25) is 0 Å². The second-order valence-electron chi connectivity index (χ2n) is 4.03. The second kappa shape index (κ2) is 4.86. The number of aromatic hydroxyl groups is 1. The van der Waals surface area contributed by atoms with E-state index in [0.717, 1.165) is 5.39 Å². The van der Waals surface area contributed by atoms with E-state index in [1.807, 2.05) is 30.3 Å². The van der Waals surface area contributed by atoms with Crippen molar-refractivity contribution >= 4 is 22.9 Å². The number of benzene rings is 1. The van der Waals surface area contributed by atoms with Crippen LogP contribution >= 0.6 is 0 Å². The predicted octanol–water partition coefficient (Wildman–Crippen LogP) is 3.09. The van der Waals surface area contributed by atoms with Crippen LogP contribution in [0, 0.1) is 0 Å². The fourth-order valence-electron chi connectivity index (χ4n) is 1.75. The lowest BCUT2D eigenvalue weighted by Crippen LogP contribution is -1.89. The van der Waals surface area contributed by atoms with Gasteiger partial charge >= 0.3 is 0 Å². The van der Waals surface area contributed by atoms with Crippen LogP contribution in [0.15, 0.2) is 59.7 Å². The van der Waals surface area contributed by atoms with Crippen LogP contribution in [-0.2, 0) is 0 Å². The van der Waals surface area contributed by atoms with Crippen LogP contribution in [0.3, 0.4) is 0 Å². The normalized spacial score (nSPS) is 11.2. The minimum Gasteiger partial charge on any atom is -0.506 e. The molecule has 0 aliphatic heterocycles. The molecule has 4 nitrogen and oxygen atoms in total. The van der Waals surface area contributed by atoms with Crippen LogP contribution in [0.1, 0.15) is 5.69 Å². The molecular formula is C15H11N3O. The van der Waals surface area contributed by atoms with Crippen molar-refractivity contribution in [2.24, 2.45) is 4.99 Å². The number of rotatable bonds is 2. The Hall–Kier alpha value is -2.75. The van der Waals surface area contributed by atoms with Gasteiger partial charge in [-0.1, -0.05) is 12.1 Å². The Kier molecular flexibility index (Phi) is 2.90. The van der Waals surface area contributed by atoms with Crippen LogP contribution in [0.2, 0.25) is 0 Å². The zero-order valence-corrected chi connectivity index (χ0v) is 10.1. The molecule has 0 radical (unpaired) electrons. The van der Waals surface area contributed by atoms with E-state index in [1.165, 1.54) is 0 Å². The first kappa shape index (κ1) is 11.3. The first-order valence-electron chi connectivity index (χ1n) is 5.87. The Morgan fingerprint density at radius 1 is 1.00 bits per heavy atom. The molecule has 2 aromatic heterocycles. The molecule has 0 saturated heterocycles. The smallest absolute Gasteiger partial charge is 0.159 e. The summed E-state index contributed by atoms with van der Waals surface area (Å²) >= 11 is 0. The lowest BCUT2D eigenvalue weighted by molar-refractivity contribution is 0.477. The number of phenolic OH excluding ortho intramolecular Hbond substituents is 1. The topological polar surface area (TPSA) is 58.4 Å². The number of para-hydroxylation sites is 2. The van der Waals surface area contributed by atoms with Crippen LogP contribution < -0.4 is 0 Å². The molecule has 0 unspecified atom stereocenters. The molecule has 0 aliphatic carbocycles. The molecule has 2 heterocycles. The fraction of sp³-hybridized carbons (Fsp3) is 0. The molecule has 3 rings (SSSR count). The summed E-state index contributed by atoms with van der Waals surface area (Å²) in [6, 6.07) is 14.6. The number of phenols is 1. The Morgan fingerprint density at radius 3 is 2.79 bits per heavy atom. The van der Waals surface area contributed by atoms with Gasteiger partial charge in [0.25, 0.3) is 0 Å². The lowest BCUT2D eigenvalue weighted by Gasteiger charge is -1.98. The van der Waals surface area contributed by atoms with E-state index in [4.69, 9.17) is 0 Å². The van der Waals surface area contributed by atoms with Gasteiger partial charge in [0.05, 0.1) is 11.9 Å². The molecule has 0 saturated carbocycles. The number of fused-ring (bicyclic) bond motifs is 1. The van der Waals surface area contributed by atoms with E-state index < -0.39 is 0 Å². The zero-order chi connectivity index (χ0) is 13.1. The van der Waals surface area contributed by atoms with Gasteiger partial charge < -0.3 is 5.11 Å². The minimum atomic E-state index is 0.151. The van der Waals surface area contributed by atoms with E-state index in [0.29, 0.717) is 17.0 Å². The average Bonchev–Trinajstić information content (AvgIpc) is 2.46. The van der Waals surface area contributed by atoms with E-state index in [1.54, 1.807) is 30.6 Å². The highest BCUT2D eigenvalue weighted by atomic mass is 16.3. The summed E-state index contributed by atoms with van der Waals surface area (Å²) < 4.78 is 0. The molecule has 0 bridgehead atoms. The molecule has 4 heteroatoms. The first-order chi connectivity index (χ1) is 9.33. The van der Waals surface area contributed by atoms with Crippen LogP contribution in [-0.4, -0.2) is 21.3 Å². The molecule has 0 fully saturated rings. The maximum absolute atomic E-state index is 9.61. The van der Waals surface area contributed by atoms with Gasteiger partial charge in [-0.25, -0.2) is 9.97 Å². The number of hydrogen-bond donors (Lipinski definition) is 1. The highest BCUT2D eigenvalue weighted by Crippen LogP contribution is 2.24. The average molecular weight is 249 g/mol. The van der Waals surface area contributed by atoms with Crippen LogP contribution in [0.4, 0.5) is 5.69 Å². The third-order valence-electron chi connectivity index (χ3n) is 2.70. The van der Waals surface area contributed by atoms with Gasteiger partial charge in [-0.05, 0) is 36.4 Å². The van der Waals surface area contributed by atoms with Gasteiger partial charge in [0.1, 0.15) is 11.4 Å². The molecule has 19 heavy (non-hydrogen) atoms. The maximum atomic E-state index is 9.61. The standard InChI is InChI=1S/C15H11N3O/c19-14-6-2-1-5-13(14)17-10-12-8-7-11-4-3-9-16-15(11)18-12/h1-10,19H. The second-order valence-corrected chi connectivity index (χ2v) is 4.03. The van der Waals surface area contributed by atoms with Crippen molar-refractivity contribution in [3.05, 3.63) is 60.4 Å². The summed E-state index contributed by atoms with van der Waals surface area (Å²) in [5, 5.41) is 10.6. The van der Waals surface area contributed by atoms with Crippen molar-refractivity contribution in [3.63, 3.8) is 0 Å². The van der Waals surface area contributed by atoms with Crippen molar-refractivity contribution in [2.45, 2.75) is 0 Å². The monoisotopic (exact) mass is 249 g/mol. The van der Waals surface area contributed by atoms with E-state index in [9.17, 15) is 5.11 Å². The minimum absolute atomic E-state index is 0.151. The summed E-state index contributed by atoms with van der Waals surface area (Å²) in [6.07, 6.45) is 3.32. The molecular weight excluding hydrogens is 238 g/mol. The molecule has 0 atom stereocenters. The maximum Gasteiger partial charge on any atom is 0.159 e. The number of pyridine rings is 2. The van der Waals surface area contributed by atoms with Gasteiger partial charge in [-0.2, -0.15) is 0 Å². The van der Waals surface area contributed by atoms with E-state index >= 15 is 0 Å². The summed E-state index contributed by atoms with van der Waals surface area (Å²) in [5.41, 5.74) is 1.91. The Balaban J connectivity index is 1.95. The van der Waals surface area contributed by atoms with Gasteiger partial charge in [0, 0.05) is 11.6 Å². The van der Waals surface area contributed by atoms with Crippen molar-refractivity contribution in [1.82, 2.24) is 9.97 Å². The molecule has 1 aromatic carbocycles. The molecule has 0 aliphatic rings. The van der Waals surface area contributed by atoms with Crippen molar-refractivity contribution in [1.29, 1.82) is 0 Å².